The minimum atomic E-state index is 0.750. The zero-order valence-electron chi connectivity index (χ0n) is 32.4. The second-order valence-electron chi connectivity index (χ2n) is 13.6. The zero-order valence-corrected chi connectivity index (χ0v) is 32.4. The second-order valence-corrected chi connectivity index (χ2v) is 13.6. The van der Waals surface area contributed by atoms with Crippen LogP contribution in [0.5, 0.6) is 0 Å². The molecule has 0 radical (unpaired) electrons. The smallest absolute Gasteiger partial charge is 0.120 e. The van der Waals surface area contributed by atoms with E-state index in [0.717, 1.165) is 90.1 Å². The average Bonchev–Trinajstić information content (AvgIpc) is 3.35. The van der Waals surface area contributed by atoms with E-state index >= 15 is 0 Å². The normalized spacial score (nSPS) is 10.7. The van der Waals surface area contributed by atoms with Crippen molar-refractivity contribution in [2.24, 2.45) is 0 Å². The minimum absolute atomic E-state index is 0.750. The molecular formula is C52H36N8. The third-order valence-electron chi connectivity index (χ3n) is 9.83. The van der Waals surface area contributed by atoms with Crippen LogP contribution in [0.1, 0.15) is 0 Å². The van der Waals surface area contributed by atoms with Crippen molar-refractivity contribution < 1.29 is 0 Å². The first kappa shape index (κ1) is 37.2. The van der Waals surface area contributed by atoms with Crippen LogP contribution in [0.2, 0.25) is 0 Å². The van der Waals surface area contributed by atoms with Gasteiger partial charge in [0, 0.05) is 47.0 Å². The van der Waals surface area contributed by atoms with Crippen molar-refractivity contribution in [3.05, 3.63) is 219 Å². The summed E-state index contributed by atoms with van der Waals surface area (Å²) < 4.78 is 0. The van der Waals surface area contributed by atoms with Gasteiger partial charge in [0.1, 0.15) is 22.8 Å². The molecule has 0 spiro atoms. The highest BCUT2D eigenvalue weighted by molar-refractivity contribution is 5.99. The lowest BCUT2D eigenvalue weighted by atomic mass is 9.90. The van der Waals surface area contributed by atoms with E-state index in [9.17, 15) is 0 Å². The van der Waals surface area contributed by atoms with Crippen LogP contribution in [-0.4, -0.2) is 40.3 Å². The van der Waals surface area contributed by atoms with E-state index in [0.29, 0.717) is 0 Å². The molecule has 0 saturated carbocycles. The molecule has 6 aromatic heterocycles. The van der Waals surface area contributed by atoms with E-state index in [1.54, 1.807) is 24.8 Å². The van der Waals surface area contributed by atoms with Gasteiger partial charge in [-0.3, -0.25) is 19.9 Å². The molecule has 0 fully saturated rings. The maximum Gasteiger partial charge on any atom is 0.120 e. The molecule has 0 aliphatic carbocycles. The van der Waals surface area contributed by atoms with Gasteiger partial charge in [-0.2, -0.15) is 0 Å². The molecule has 8 nitrogen and oxygen atoms in total. The molecular weight excluding hydrogens is 737 g/mol. The Morgan fingerprint density at radius 1 is 0.200 bits per heavy atom. The van der Waals surface area contributed by atoms with E-state index in [1.807, 2.05) is 146 Å². The molecule has 0 aliphatic heterocycles. The van der Waals surface area contributed by atoms with Crippen LogP contribution in [0.25, 0.3) is 90.1 Å². The van der Waals surface area contributed by atoms with Crippen molar-refractivity contribution in [3.63, 3.8) is 0 Å². The number of benzene rings is 4. The summed E-state index contributed by atoms with van der Waals surface area (Å²) in [4.78, 5) is 18.2. The lowest BCUT2D eigenvalue weighted by molar-refractivity contribution is 1.03. The lowest BCUT2D eigenvalue weighted by Gasteiger charge is -2.17. The Morgan fingerprint density at radius 3 is 0.583 bits per heavy atom. The van der Waals surface area contributed by atoms with Crippen LogP contribution in [0, 0.1) is 0 Å². The van der Waals surface area contributed by atoms with E-state index < -0.39 is 0 Å². The van der Waals surface area contributed by atoms with Crippen LogP contribution >= 0.6 is 0 Å². The number of aromatic nitrogens is 8. The second kappa shape index (κ2) is 17.8. The molecule has 10 rings (SSSR count). The summed E-state index contributed by atoms with van der Waals surface area (Å²) in [5.41, 5.74) is 14.4. The third-order valence-corrected chi connectivity index (χ3v) is 9.83. The highest BCUT2D eigenvalue weighted by Gasteiger charge is 2.24. The summed E-state index contributed by atoms with van der Waals surface area (Å²) in [5, 5.41) is 18.5. The number of pyridine rings is 4. The summed E-state index contributed by atoms with van der Waals surface area (Å²) >= 11 is 0. The molecule has 0 N–H and O–H groups in total. The van der Waals surface area contributed by atoms with E-state index in [2.05, 4.69) is 88.9 Å². The predicted octanol–water partition coefficient (Wildman–Crippen LogP) is 11.9. The Balaban J connectivity index is 0.000000154. The summed E-state index contributed by atoms with van der Waals surface area (Å²) in [6.07, 6.45) is 7.11. The first-order valence-corrected chi connectivity index (χ1v) is 19.5. The Morgan fingerprint density at radius 2 is 0.400 bits per heavy atom. The van der Waals surface area contributed by atoms with Crippen molar-refractivity contribution in [2.75, 3.05) is 0 Å². The van der Waals surface area contributed by atoms with Crippen molar-refractivity contribution in [1.82, 2.24) is 40.3 Å². The molecule has 0 saturated heterocycles. The fraction of sp³-hybridized carbons (Fsp3) is 0. The molecule has 60 heavy (non-hydrogen) atoms. The van der Waals surface area contributed by atoms with Crippen molar-refractivity contribution >= 4 is 0 Å². The summed E-state index contributed by atoms with van der Waals surface area (Å²) in [6, 6.07) is 64.4. The summed E-state index contributed by atoms with van der Waals surface area (Å²) in [5.74, 6) is 0. The van der Waals surface area contributed by atoms with Gasteiger partial charge in [-0.1, -0.05) is 146 Å². The molecule has 0 atom stereocenters. The molecule has 0 amide bonds. The molecule has 0 unspecified atom stereocenters. The quantitative estimate of drug-likeness (QED) is 0.150. The van der Waals surface area contributed by atoms with Crippen LogP contribution in [0.4, 0.5) is 0 Å². The Labute approximate surface area is 348 Å². The molecule has 0 bridgehead atoms. The van der Waals surface area contributed by atoms with Crippen LogP contribution in [0.3, 0.4) is 0 Å². The molecule has 284 valence electrons. The molecule has 10 aromatic rings. The van der Waals surface area contributed by atoms with E-state index in [-0.39, 0.29) is 0 Å². The Hall–Kier alpha value is -8.36. The highest BCUT2D eigenvalue weighted by atomic mass is 15.1. The average molecular weight is 773 g/mol. The SMILES string of the molecule is c1ccc(-c2c(-c3ccccn3)nnc(-c3ccccn3)c2-c2ccccc2)cc1.c1ccc(-c2c(-c3ccccn3)nnc(-c3ccccn3)c2-c2ccccc2)cc1. The number of hydrogen-bond donors (Lipinski definition) is 0. The van der Waals surface area contributed by atoms with Crippen molar-refractivity contribution in [1.29, 1.82) is 0 Å². The maximum absolute atomic E-state index is 4.64. The highest BCUT2D eigenvalue weighted by Crippen LogP contribution is 2.44. The lowest BCUT2D eigenvalue weighted by Crippen LogP contribution is -2.02. The van der Waals surface area contributed by atoms with Crippen molar-refractivity contribution in [3.8, 4) is 90.1 Å². The molecule has 0 aliphatic rings. The Kier molecular flexibility index (Phi) is 11.1. The fourth-order valence-electron chi connectivity index (χ4n) is 7.15. The topological polar surface area (TPSA) is 103 Å². The van der Waals surface area contributed by atoms with Crippen molar-refractivity contribution in [2.45, 2.75) is 0 Å². The number of nitrogens with zero attached hydrogens (tertiary/aromatic N) is 8. The molecule has 8 heteroatoms. The molecule has 6 heterocycles. The first-order chi connectivity index (χ1) is 29.8. The monoisotopic (exact) mass is 772 g/mol. The van der Waals surface area contributed by atoms with Crippen LogP contribution in [-0.2, 0) is 0 Å². The van der Waals surface area contributed by atoms with Gasteiger partial charge in [-0.25, -0.2) is 0 Å². The van der Waals surface area contributed by atoms with Gasteiger partial charge in [0.25, 0.3) is 0 Å². The van der Waals surface area contributed by atoms with Gasteiger partial charge in [0.05, 0.1) is 22.8 Å². The van der Waals surface area contributed by atoms with Gasteiger partial charge in [-0.15, -0.1) is 20.4 Å². The maximum atomic E-state index is 4.64. The molecule has 4 aromatic carbocycles. The van der Waals surface area contributed by atoms with Gasteiger partial charge in [-0.05, 0) is 70.8 Å². The van der Waals surface area contributed by atoms with Crippen LogP contribution in [0.15, 0.2) is 219 Å². The predicted molar refractivity (Wildman–Crippen MR) is 239 cm³/mol. The standard InChI is InChI=1S/2C26H18N4/c2*1-3-11-19(12-4-1)23-24(20-13-5-2-6-14-20)26(22-16-8-10-18-28-22)30-29-25(23)21-15-7-9-17-27-21/h2*1-18H. The first-order valence-electron chi connectivity index (χ1n) is 19.5. The van der Waals surface area contributed by atoms with Gasteiger partial charge < -0.3 is 0 Å². The zero-order chi connectivity index (χ0) is 40.4. The fourth-order valence-corrected chi connectivity index (χ4v) is 7.15. The summed E-state index contributed by atoms with van der Waals surface area (Å²) in [7, 11) is 0. The van der Waals surface area contributed by atoms with Gasteiger partial charge in [0.2, 0.25) is 0 Å². The summed E-state index contributed by atoms with van der Waals surface area (Å²) in [6.45, 7) is 0. The minimum Gasteiger partial charge on any atom is -0.255 e. The Bertz CT molecular complexity index is 2510. The van der Waals surface area contributed by atoms with E-state index in [1.165, 1.54) is 0 Å². The largest absolute Gasteiger partial charge is 0.255 e. The van der Waals surface area contributed by atoms with Gasteiger partial charge >= 0.3 is 0 Å². The third kappa shape index (κ3) is 7.94. The van der Waals surface area contributed by atoms with Crippen LogP contribution < -0.4 is 0 Å². The number of rotatable bonds is 8. The number of hydrogen-bond acceptors (Lipinski definition) is 8. The van der Waals surface area contributed by atoms with Gasteiger partial charge in [0.15, 0.2) is 0 Å². The van der Waals surface area contributed by atoms with E-state index in [4.69, 9.17) is 0 Å².